The minimum absolute atomic E-state index is 0.835. The zero-order valence-electron chi connectivity index (χ0n) is 9.45. The maximum absolute atomic E-state index is 4.13. The molecular weight excluding hydrogens is 346 g/mol. The molecule has 1 heterocycles. The highest BCUT2D eigenvalue weighted by atomic mass is 79.9. The first kappa shape index (κ1) is 12.8. The Morgan fingerprint density at radius 3 is 2.59 bits per heavy atom. The number of hydrogen-bond donors (Lipinski definition) is 1. The number of nitrogens with zero attached hydrogens (tertiary/aromatic N) is 2. The number of nitrogens with one attached hydrogen (secondary N) is 1. The average Bonchev–Trinajstić information content (AvgIpc) is 2.70. The van der Waals surface area contributed by atoms with Crippen LogP contribution in [0.3, 0.4) is 0 Å². The number of benzene rings is 1. The molecule has 0 aliphatic rings. The second-order valence-electron chi connectivity index (χ2n) is 3.87. The van der Waals surface area contributed by atoms with E-state index in [9.17, 15) is 0 Å². The monoisotopic (exact) mass is 357 g/mol. The highest BCUT2D eigenvalue weighted by Crippen LogP contribution is 2.23. The van der Waals surface area contributed by atoms with Crippen molar-refractivity contribution in [2.75, 3.05) is 0 Å². The van der Waals surface area contributed by atoms with Gasteiger partial charge in [0.05, 0.1) is 6.20 Å². The lowest BCUT2D eigenvalue weighted by molar-refractivity contribution is 0.691. The van der Waals surface area contributed by atoms with Gasteiger partial charge in [0.2, 0.25) is 0 Å². The predicted octanol–water partition coefficient (Wildman–Crippen LogP) is 3.23. The Bertz CT molecular complexity index is 508. The van der Waals surface area contributed by atoms with Crippen molar-refractivity contribution in [1.29, 1.82) is 0 Å². The summed E-state index contributed by atoms with van der Waals surface area (Å²) in [7, 11) is 1.93. The largest absolute Gasteiger partial charge is 0.309 e. The molecule has 0 unspecified atom stereocenters. The van der Waals surface area contributed by atoms with E-state index in [1.165, 1.54) is 11.1 Å². The van der Waals surface area contributed by atoms with E-state index in [2.05, 4.69) is 54.4 Å². The molecule has 0 radical (unpaired) electrons. The van der Waals surface area contributed by atoms with Gasteiger partial charge >= 0.3 is 0 Å². The van der Waals surface area contributed by atoms with Crippen LogP contribution in [0.5, 0.6) is 0 Å². The molecule has 0 atom stereocenters. The number of halogens is 2. The zero-order chi connectivity index (χ0) is 12.3. The fraction of sp³-hybridized carbons (Fsp3) is 0.250. The van der Waals surface area contributed by atoms with Crippen molar-refractivity contribution < 1.29 is 0 Å². The maximum atomic E-state index is 4.13. The quantitative estimate of drug-likeness (QED) is 0.909. The van der Waals surface area contributed by atoms with Crippen LogP contribution < -0.4 is 5.32 Å². The van der Waals surface area contributed by atoms with Crippen molar-refractivity contribution in [1.82, 2.24) is 15.1 Å². The summed E-state index contributed by atoms with van der Waals surface area (Å²) >= 11 is 6.96. The standard InChI is InChI=1S/C12H13Br2N3/c1-17-8-10(7-16-17)6-15-5-9-2-3-11(13)12(14)4-9/h2-4,7-8,15H,5-6H2,1H3. The fourth-order valence-electron chi connectivity index (χ4n) is 1.56. The smallest absolute Gasteiger partial charge is 0.0534 e. The highest BCUT2D eigenvalue weighted by molar-refractivity contribution is 9.13. The molecule has 1 N–H and O–H groups in total. The molecule has 0 spiro atoms. The minimum Gasteiger partial charge on any atom is -0.309 e. The fourth-order valence-corrected chi connectivity index (χ4v) is 2.24. The summed E-state index contributed by atoms with van der Waals surface area (Å²) in [5, 5.41) is 7.52. The topological polar surface area (TPSA) is 29.9 Å². The Morgan fingerprint density at radius 2 is 1.94 bits per heavy atom. The van der Waals surface area contributed by atoms with Gasteiger partial charge in [-0.1, -0.05) is 6.07 Å². The molecular formula is C12H13Br2N3. The molecule has 90 valence electrons. The first-order valence-electron chi connectivity index (χ1n) is 5.27. The number of rotatable bonds is 4. The summed E-state index contributed by atoms with van der Waals surface area (Å²) in [4.78, 5) is 0. The van der Waals surface area contributed by atoms with Gasteiger partial charge in [-0.25, -0.2) is 0 Å². The normalized spacial score (nSPS) is 10.8. The van der Waals surface area contributed by atoms with Crippen molar-refractivity contribution in [3.05, 3.63) is 50.7 Å². The second-order valence-corrected chi connectivity index (χ2v) is 5.58. The van der Waals surface area contributed by atoms with E-state index in [1.807, 2.05) is 30.2 Å². The van der Waals surface area contributed by atoms with Crippen LogP contribution in [-0.4, -0.2) is 9.78 Å². The molecule has 0 aliphatic carbocycles. The van der Waals surface area contributed by atoms with Crippen LogP contribution in [0, 0.1) is 0 Å². The van der Waals surface area contributed by atoms with E-state index in [0.717, 1.165) is 22.0 Å². The molecule has 0 fully saturated rings. The molecule has 2 aromatic rings. The van der Waals surface area contributed by atoms with Gasteiger partial charge in [-0.15, -0.1) is 0 Å². The first-order valence-corrected chi connectivity index (χ1v) is 6.86. The van der Waals surface area contributed by atoms with Gasteiger partial charge in [-0.2, -0.15) is 5.10 Å². The number of hydrogen-bond acceptors (Lipinski definition) is 2. The third-order valence-electron chi connectivity index (χ3n) is 2.40. The Kier molecular flexibility index (Phi) is 4.36. The summed E-state index contributed by atoms with van der Waals surface area (Å²) in [6.07, 6.45) is 3.90. The van der Waals surface area contributed by atoms with Crippen LogP contribution in [0.25, 0.3) is 0 Å². The Hall–Kier alpha value is -0.650. The van der Waals surface area contributed by atoms with Crippen LogP contribution in [0.15, 0.2) is 39.5 Å². The first-order chi connectivity index (χ1) is 8.15. The van der Waals surface area contributed by atoms with Crippen LogP contribution in [0.4, 0.5) is 0 Å². The van der Waals surface area contributed by atoms with E-state index in [1.54, 1.807) is 0 Å². The van der Waals surface area contributed by atoms with E-state index in [0.29, 0.717) is 0 Å². The van der Waals surface area contributed by atoms with E-state index in [-0.39, 0.29) is 0 Å². The van der Waals surface area contributed by atoms with Gasteiger partial charge < -0.3 is 5.32 Å². The number of aryl methyl sites for hydroxylation is 1. The van der Waals surface area contributed by atoms with Gasteiger partial charge in [0.25, 0.3) is 0 Å². The van der Waals surface area contributed by atoms with Crippen molar-refractivity contribution in [2.24, 2.45) is 7.05 Å². The maximum Gasteiger partial charge on any atom is 0.0534 e. The van der Waals surface area contributed by atoms with Crippen molar-refractivity contribution in [3.8, 4) is 0 Å². The third kappa shape index (κ3) is 3.66. The van der Waals surface area contributed by atoms with Gasteiger partial charge in [-0.05, 0) is 49.6 Å². The summed E-state index contributed by atoms with van der Waals surface area (Å²) in [5.74, 6) is 0. The minimum atomic E-state index is 0.835. The lowest BCUT2D eigenvalue weighted by atomic mass is 10.2. The van der Waals surface area contributed by atoms with E-state index >= 15 is 0 Å². The van der Waals surface area contributed by atoms with Gasteiger partial charge in [0, 0.05) is 40.8 Å². The Labute approximate surface area is 117 Å². The van der Waals surface area contributed by atoms with Gasteiger partial charge in [0.1, 0.15) is 0 Å². The lowest BCUT2D eigenvalue weighted by Gasteiger charge is -2.05. The molecule has 0 saturated carbocycles. The van der Waals surface area contributed by atoms with E-state index in [4.69, 9.17) is 0 Å². The molecule has 0 aliphatic heterocycles. The van der Waals surface area contributed by atoms with Crippen LogP contribution in [0.1, 0.15) is 11.1 Å². The predicted molar refractivity (Wildman–Crippen MR) is 75.6 cm³/mol. The molecule has 1 aromatic heterocycles. The second kappa shape index (κ2) is 5.80. The van der Waals surface area contributed by atoms with Crippen molar-refractivity contribution in [2.45, 2.75) is 13.1 Å². The highest BCUT2D eigenvalue weighted by Gasteiger charge is 1.99. The molecule has 0 saturated heterocycles. The van der Waals surface area contributed by atoms with Crippen LogP contribution >= 0.6 is 31.9 Å². The van der Waals surface area contributed by atoms with Gasteiger partial charge in [0.15, 0.2) is 0 Å². The van der Waals surface area contributed by atoms with Gasteiger partial charge in [-0.3, -0.25) is 4.68 Å². The molecule has 1 aromatic carbocycles. The number of aromatic nitrogens is 2. The molecule has 5 heteroatoms. The van der Waals surface area contributed by atoms with Crippen LogP contribution in [-0.2, 0) is 20.1 Å². The molecule has 0 amide bonds. The lowest BCUT2D eigenvalue weighted by Crippen LogP contribution is -2.12. The SMILES string of the molecule is Cn1cc(CNCc2ccc(Br)c(Br)c2)cn1. The summed E-state index contributed by atoms with van der Waals surface area (Å²) < 4.78 is 3.97. The molecule has 2 rings (SSSR count). The molecule has 3 nitrogen and oxygen atoms in total. The Morgan fingerprint density at radius 1 is 1.18 bits per heavy atom. The zero-order valence-corrected chi connectivity index (χ0v) is 12.6. The molecule has 17 heavy (non-hydrogen) atoms. The van der Waals surface area contributed by atoms with E-state index < -0.39 is 0 Å². The van der Waals surface area contributed by atoms with Crippen LogP contribution in [0.2, 0.25) is 0 Å². The van der Waals surface area contributed by atoms with Crippen molar-refractivity contribution in [3.63, 3.8) is 0 Å². The average molecular weight is 359 g/mol. The van der Waals surface area contributed by atoms with Crippen molar-refractivity contribution >= 4 is 31.9 Å². The summed E-state index contributed by atoms with van der Waals surface area (Å²) in [5.41, 5.74) is 2.45. The Balaban J connectivity index is 1.87. The summed E-state index contributed by atoms with van der Waals surface area (Å²) in [6.45, 7) is 1.68. The summed E-state index contributed by atoms with van der Waals surface area (Å²) in [6, 6.07) is 6.26. The third-order valence-corrected chi connectivity index (χ3v) is 4.28. The molecule has 0 bridgehead atoms.